The van der Waals surface area contributed by atoms with Crippen molar-refractivity contribution in [2.75, 3.05) is 12.4 Å². The first-order valence-electron chi connectivity index (χ1n) is 12.0. The lowest BCUT2D eigenvalue weighted by Crippen LogP contribution is -2.22. The van der Waals surface area contributed by atoms with Gasteiger partial charge in [0.2, 0.25) is 5.91 Å². The highest BCUT2D eigenvalue weighted by Gasteiger charge is 2.35. The van der Waals surface area contributed by atoms with Crippen LogP contribution in [0.15, 0.2) is 78.0 Å². The van der Waals surface area contributed by atoms with Gasteiger partial charge in [0.25, 0.3) is 0 Å². The quantitative estimate of drug-likeness (QED) is 0.207. The summed E-state index contributed by atoms with van der Waals surface area (Å²) in [7, 11) is 1.58. The minimum absolute atomic E-state index is 0.0813. The molecule has 4 rings (SSSR count). The summed E-state index contributed by atoms with van der Waals surface area (Å²) < 4.78 is 48.2. The van der Waals surface area contributed by atoms with Crippen LogP contribution in [0.3, 0.4) is 0 Å². The fourth-order valence-corrected chi connectivity index (χ4v) is 5.14. The van der Waals surface area contributed by atoms with E-state index in [0.717, 1.165) is 29.5 Å². The molecule has 0 saturated heterocycles. The van der Waals surface area contributed by atoms with Gasteiger partial charge in [0, 0.05) is 17.1 Å². The van der Waals surface area contributed by atoms with Gasteiger partial charge in [-0.05, 0) is 53.9 Å². The van der Waals surface area contributed by atoms with E-state index in [4.69, 9.17) is 16.3 Å². The van der Waals surface area contributed by atoms with Crippen LogP contribution in [0.2, 0.25) is 5.02 Å². The lowest BCUT2D eigenvalue weighted by Gasteiger charge is -2.20. The Balaban J connectivity index is 1.72. The molecular weight excluding hydrogens is 549 g/mol. The molecule has 39 heavy (non-hydrogen) atoms. The molecule has 6 nitrogen and oxygen atoms in total. The van der Waals surface area contributed by atoms with E-state index in [0.29, 0.717) is 28.8 Å². The molecule has 0 aliphatic carbocycles. The summed E-state index contributed by atoms with van der Waals surface area (Å²) in [6.07, 6.45) is -4.70. The summed E-state index contributed by atoms with van der Waals surface area (Å²) in [5, 5.41) is 10.7. The molecule has 0 fully saturated rings. The summed E-state index contributed by atoms with van der Waals surface area (Å²) in [6, 6.07) is 19.5. The van der Waals surface area contributed by atoms with Crippen molar-refractivity contribution in [2.24, 2.45) is 5.92 Å². The molecule has 1 atom stereocenters. The Hall–Kier alpha value is -3.50. The zero-order valence-corrected chi connectivity index (χ0v) is 22.9. The average Bonchev–Trinajstić information content (AvgIpc) is 3.29. The Kier molecular flexibility index (Phi) is 8.87. The number of nitrogens with zero attached hydrogens (tertiary/aromatic N) is 3. The number of rotatable bonds is 9. The Bertz CT molecular complexity index is 1430. The van der Waals surface area contributed by atoms with Crippen LogP contribution in [0, 0.1) is 5.92 Å². The molecule has 1 heterocycles. The molecule has 11 heteroatoms. The summed E-state index contributed by atoms with van der Waals surface area (Å²) in [6.45, 7) is 4.66. The number of methoxy groups -OCH3 is 1. The zero-order chi connectivity index (χ0) is 28.2. The average molecular weight is 575 g/mol. The van der Waals surface area contributed by atoms with E-state index >= 15 is 0 Å². The van der Waals surface area contributed by atoms with E-state index in [2.05, 4.69) is 15.5 Å². The molecule has 0 aliphatic heterocycles. The van der Waals surface area contributed by atoms with E-state index in [9.17, 15) is 18.0 Å². The van der Waals surface area contributed by atoms with Gasteiger partial charge in [0.15, 0.2) is 11.0 Å². The third-order valence-electron chi connectivity index (χ3n) is 5.72. The fraction of sp³-hybridized carbons (Fsp3) is 0.250. The maximum atomic E-state index is 13.7. The summed E-state index contributed by atoms with van der Waals surface area (Å²) in [5.74, 6) is 0.900. The lowest BCUT2D eigenvalue weighted by atomic mass is 10.1. The molecule has 0 aliphatic rings. The normalized spacial score (nSPS) is 12.4. The van der Waals surface area contributed by atoms with Gasteiger partial charge in [-0.15, -0.1) is 10.2 Å². The first-order chi connectivity index (χ1) is 18.6. The predicted octanol–water partition coefficient (Wildman–Crippen LogP) is 7.75. The number of alkyl halides is 3. The maximum Gasteiger partial charge on any atom is 0.418 e. The van der Waals surface area contributed by atoms with Crippen molar-refractivity contribution in [3.05, 3.63) is 88.9 Å². The third kappa shape index (κ3) is 6.93. The van der Waals surface area contributed by atoms with Gasteiger partial charge in [-0.2, -0.15) is 13.2 Å². The van der Waals surface area contributed by atoms with Crippen LogP contribution in [-0.2, 0) is 17.5 Å². The molecule has 1 unspecified atom stereocenters. The first kappa shape index (κ1) is 28.5. The first-order valence-corrected chi connectivity index (χ1v) is 13.3. The van der Waals surface area contributed by atoms with Crippen molar-refractivity contribution in [1.29, 1.82) is 0 Å². The second kappa shape index (κ2) is 12.1. The standard InChI is InChI=1S/C28H26ClF3N4O2S/c1-17(2)16-36-25(19-9-12-21(38-3)13-10-19)34-35-27(36)39-24(18-7-5-4-6-8-18)26(37)33-23-14-11-20(29)15-22(23)28(30,31)32/h4-15,17,24H,16H2,1-3H3,(H,33,37). The highest BCUT2D eigenvalue weighted by Crippen LogP contribution is 2.40. The third-order valence-corrected chi connectivity index (χ3v) is 7.19. The molecular formula is C28H26ClF3N4O2S. The van der Waals surface area contributed by atoms with Crippen molar-refractivity contribution >= 4 is 35.0 Å². The molecule has 0 spiro atoms. The number of ether oxygens (including phenoxy) is 1. The number of anilines is 1. The van der Waals surface area contributed by atoms with Gasteiger partial charge in [0.05, 0.1) is 18.4 Å². The summed E-state index contributed by atoms with van der Waals surface area (Å²) in [5.41, 5.74) is 0.0195. The van der Waals surface area contributed by atoms with E-state index in [1.807, 2.05) is 42.7 Å². The molecule has 1 amide bonds. The van der Waals surface area contributed by atoms with Crippen LogP contribution in [0.5, 0.6) is 5.75 Å². The minimum Gasteiger partial charge on any atom is -0.497 e. The van der Waals surface area contributed by atoms with Crippen LogP contribution in [0.4, 0.5) is 18.9 Å². The molecule has 3 aromatic carbocycles. The molecule has 0 radical (unpaired) electrons. The Morgan fingerprint density at radius 3 is 2.36 bits per heavy atom. The Morgan fingerprint density at radius 1 is 1.05 bits per heavy atom. The number of hydrogen-bond donors (Lipinski definition) is 1. The van der Waals surface area contributed by atoms with Gasteiger partial charge >= 0.3 is 6.18 Å². The topological polar surface area (TPSA) is 69.0 Å². The SMILES string of the molecule is COc1ccc(-c2nnc(SC(C(=O)Nc3ccc(Cl)cc3C(F)(F)F)c3ccccc3)n2CC(C)C)cc1. The van der Waals surface area contributed by atoms with Crippen LogP contribution in [-0.4, -0.2) is 27.8 Å². The number of halogens is 4. The molecule has 1 N–H and O–H groups in total. The monoisotopic (exact) mass is 574 g/mol. The number of benzene rings is 3. The number of aromatic nitrogens is 3. The van der Waals surface area contributed by atoms with Crippen molar-refractivity contribution < 1.29 is 22.7 Å². The van der Waals surface area contributed by atoms with Crippen molar-refractivity contribution in [1.82, 2.24) is 14.8 Å². The van der Waals surface area contributed by atoms with Gasteiger partial charge in [-0.25, -0.2) is 0 Å². The zero-order valence-electron chi connectivity index (χ0n) is 21.4. The summed E-state index contributed by atoms with van der Waals surface area (Å²) in [4.78, 5) is 13.6. The number of amides is 1. The van der Waals surface area contributed by atoms with E-state index in [1.165, 1.54) is 6.07 Å². The van der Waals surface area contributed by atoms with E-state index in [1.54, 1.807) is 37.4 Å². The van der Waals surface area contributed by atoms with Crippen molar-refractivity contribution in [3.63, 3.8) is 0 Å². The summed E-state index contributed by atoms with van der Waals surface area (Å²) >= 11 is 6.93. The maximum absolute atomic E-state index is 13.7. The van der Waals surface area contributed by atoms with E-state index in [-0.39, 0.29) is 16.6 Å². The van der Waals surface area contributed by atoms with Crippen LogP contribution in [0.1, 0.15) is 30.2 Å². The van der Waals surface area contributed by atoms with Crippen molar-refractivity contribution in [3.8, 4) is 17.1 Å². The smallest absolute Gasteiger partial charge is 0.418 e. The van der Waals surface area contributed by atoms with Gasteiger partial charge < -0.3 is 14.6 Å². The predicted molar refractivity (Wildman–Crippen MR) is 147 cm³/mol. The van der Waals surface area contributed by atoms with Crippen LogP contribution < -0.4 is 10.1 Å². The molecule has 0 bridgehead atoms. The molecule has 0 saturated carbocycles. The van der Waals surface area contributed by atoms with Gasteiger partial charge in [-0.1, -0.05) is 67.5 Å². The second-order valence-electron chi connectivity index (χ2n) is 9.12. The van der Waals surface area contributed by atoms with Crippen LogP contribution >= 0.6 is 23.4 Å². The fourth-order valence-electron chi connectivity index (χ4n) is 3.92. The molecule has 4 aromatic rings. The largest absolute Gasteiger partial charge is 0.497 e. The van der Waals surface area contributed by atoms with Crippen molar-refractivity contribution in [2.45, 2.75) is 37.0 Å². The number of thioether (sulfide) groups is 1. The Morgan fingerprint density at radius 2 is 1.74 bits per heavy atom. The Labute approximate surface area is 233 Å². The van der Waals surface area contributed by atoms with Gasteiger partial charge in [0.1, 0.15) is 11.0 Å². The van der Waals surface area contributed by atoms with Crippen LogP contribution in [0.25, 0.3) is 11.4 Å². The minimum atomic E-state index is -4.70. The lowest BCUT2D eigenvalue weighted by molar-refractivity contribution is -0.137. The second-order valence-corrected chi connectivity index (χ2v) is 10.6. The highest BCUT2D eigenvalue weighted by molar-refractivity contribution is 8.00. The van der Waals surface area contributed by atoms with Gasteiger partial charge in [-0.3, -0.25) is 4.79 Å². The number of nitrogens with one attached hydrogen (secondary N) is 1. The number of carbonyl (C=O) groups is 1. The van der Waals surface area contributed by atoms with E-state index < -0.39 is 22.9 Å². The molecule has 1 aromatic heterocycles. The number of carbonyl (C=O) groups excluding carboxylic acids is 1. The number of hydrogen-bond acceptors (Lipinski definition) is 5. The molecule has 204 valence electrons. The highest BCUT2D eigenvalue weighted by atomic mass is 35.5.